The van der Waals surface area contributed by atoms with Gasteiger partial charge in [0.1, 0.15) is 0 Å². The number of anilines is 1. The fourth-order valence-electron chi connectivity index (χ4n) is 3.66. The van der Waals surface area contributed by atoms with Gasteiger partial charge in [-0.15, -0.1) is 0 Å². The molecule has 8 heteroatoms. The molecule has 5 nitrogen and oxygen atoms in total. The summed E-state index contributed by atoms with van der Waals surface area (Å²) in [5, 5.41) is 7.14. The van der Waals surface area contributed by atoms with Crippen molar-refractivity contribution in [3.63, 3.8) is 0 Å². The maximum Gasteiger partial charge on any atom is 0.418 e. The molecule has 1 saturated carbocycles. The SMILES string of the molecule is Cc1cc(-c2c(C(F)(F)F)ccc3nc(C4CC4)nn23)cc2c1NC(=O)C2. The van der Waals surface area contributed by atoms with Crippen molar-refractivity contribution in [3.8, 4) is 11.3 Å². The monoisotopic (exact) mass is 372 g/mol. The Kier molecular flexibility index (Phi) is 3.20. The van der Waals surface area contributed by atoms with Gasteiger partial charge in [0.05, 0.1) is 17.7 Å². The molecule has 2 aromatic heterocycles. The summed E-state index contributed by atoms with van der Waals surface area (Å²) in [6, 6.07) is 5.72. The summed E-state index contributed by atoms with van der Waals surface area (Å²) in [5.41, 5.74) is 2.08. The number of carbonyl (C=O) groups is 1. The molecule has 5 rings (SSSR count). The van der Waals surface area contributed by atoms with Gasteiger partial charge in [0.2, 0.25) is 5.91 Å². The molecule has 0 bridgehead atoms. The molecule has 1 amide bonds. The first-order valence-electron chi connectivity index (χ1n) is 8.72. The molecule has 3 aromatic rings. The van der Waals surface area contributed by atoms with Crippen molar-refractivity contribution < 1.29 is 18.0 Å². The minimum absolute atomic E-state index is 0.0374. The summed E-state index contributed by atoms with van der Waals surface area (Å²) in [7, 11) is 0. The quantitative estimate of drug-likeness (QED) is 0.737. The highest BCUT2D eigenvalue weighted by atomic mass is 19.4. The lowest BCUT2D eigenvalue weighted by Gasteiger charge is -2.16. The second-order valence-corrected chi connectivity index (χ2v) is 7.16. The lowest BCUT2D eigenvalue weighted by atomic mass is 9.98. The predicted octanol–water partition coefficient (Wildman–Crippen LogP) is 4.10. The summed E-state index contributed by atoms with van der Waals surface area (Å²) in [4.78, 5) is 16.1. The van der Waals surface area contributed by atoms with Gasteiger partial charge in [-0.2, -0.15) is 18.3 Å². The number of rotatable bonds is 2. The Morgan fingerprint density at radius 3 is 2.70 bits per heavy atom. The number of benzene rings is 1. The number of fused-ring (bicyclic) bond motifs is 2. The van der Waals surface area contributed by atoms with Gasteiger partial charge < -0.3 is 5.32 Å². The van der Waals surface area contributed by atoms with Crippen LogP contribution in [-0.2, 0) is 17.4 Å². The second kappa shape index (κ2) is 5.31. The van der Waals surface area contributed by atoms with Crippen LogP contribution in [0.1, 0.15) is 41.3 Å². The van der Waals surface area contributed by atoms with Crippen molar-refractivity contribution in [1.29, 1.82) is 0 Å². The molecule has 138 valence electrons. The van der Waals surface area contributed by atoms with Gasteiger partial charge in [0.15, 0.2) is 11.5 Å². The maximum atomic E-state index is 13.7. The van der Waals surface area contributed by atoms with E-state index in [-0.39, 0.29) is 23.9 Å². The topological polar surface area (TPSA) is 59.3 Å². The first-order chi connectivity index (χ1) is 12.8. The predicted molar refractivity (Wildman–Crippen MR) is 92.5 cm³/mol. The number of alkyl halides is 3. The smallest absolute Gasteiger partial charge is 0.325 e. The van der Waals surface area contributed by atoms with Gasteiger partial charge in [-0.3, -0.25) is 4.79 Å². The average Bonchev–Trinajstić information content (AvgIpc) is 3.23. The molecule has 0 atom stereocenters. The van der Waals surface area contributed by atoms with E-state index in [0.717, 1.165) is 24.5 Å². The standard InChI is InChI=1S/C19H15F3N4O/c1-9-6-12(7-11-8-15(27)24-16(9)11)17-13(19(20,21)22)4-5-14-23-18(10-2-3-10)25-26(14)17/h4-7,10H,2-3,8H2,1H3,(H,24,27). The Labute approximate surface area is 152 Å². The van der Waals surface area contributed by atoms with Crippen LogP contribution in [0.15, 0.2) is 24.3 Å². The van der Waals surface area contributed by atoms with Crippen LogP contribution < -0.4 is 5.32 Å². The molecule has 0 radical (unpaired) electrons. The van der Waals surface area contributed by atoms with E-state index >= 15 is 0 Å². The first kappa shape index (κ1) is 16.3. The van der Waals surface area contributed by atoms with Crippen molar-refractivity contribution in [2.75, 3.05) is 5.32 Å². The number of hydrogen-bond acceptors (Lipinski definition) is 3. The lowest BCUT2D eigenvalue weighted by Crippen LogP contribution is -2.11. The third-order valence-electron chi connectivity index (χ3n) is 5.07. The molecule has 0 unspecified atom stereocenters. The zero-order valence-electron chi connectivity index (χ0n) is 14.4. The number of carbonyl (C=O) groups excluding carboxylic acids is 1. The number of aryl methyl sites for hydroxylation is 1. The van der Waals surface area contributed by atoms with Gasteiger partial charge in [-0.1, -0.05) is 0 Å². The van der Waals surface area contributed by atoms with Crippen LogP contribution in [0.5, 0.6) is 0 Å². The highest BCUT2D eigenvalue weighted by Gasteiger charge is 2.37. The van der Waals surface area contributed by atoms with E-state index in [1.54, 1.807) is 19.1 Å². The van der Waals surface area contributed by atoms with Crippen LogP contribution in [0.25, 0.3) is 16.9 Å². The molecule has 27 heavy (non-hydrogen) atoms. The summed E-state index contributed by atoms with van der Waals surface area (Å²) in [5.74, 6) is 0.664. The molecule has 3 heterocycles. The van der Waals surface area contributed by atoms with Crippen molar-refractivity contribution in [3.05, 3.63) is 46.8 Å². The Hall–Kier alpha value is -2.90. The van der Waals surface area contributed by atoms with E-state index in [9.17, 15) is 18.0 Å². The van der Waals surface area contributed by atoms with Crippen molar-refractivity contribution >= 4 is 17.2 Å². The lowest BCUT2D eigenvalue weighted by molar-refractivity contribution is -0.137. The van der Waals surface area contributed by atoms with Crippen LogP contribution in [-0.4, -0.2) is 20.5 Å². The summed E-state index contributed by atoms with van der Waals surface area (Å²) >= 11 is 0. The van der Waals surface area contributed by atoms with Crippen molar-refractivity contribution in [2.45, 2.75) is 38.3 Å². The van der Waals surface area contributed by atoms with Crippen LogP contribution in [0.4, 0.5) is 18.9 Å². The number of nitrogens with zero attached hydrogens (tertiary/aromatic N) is 3. The number of hydrogen-bond donors (Lipinski definition) is 1. The fraction of sp³-hybridized carbons (Fsp3) is 0.316. The molecule has 1 fully saturated rings. The molecule has 0 saturated heterocycles. The first-order valence-corrected chi connectivity index (χ1v) is 8.72. The Morgan fingerprint density at radius 2 is 2.00 bits per heavy atom. The number of aromatic nitrogens is 3. The Bertz CT molecular complexity index is 1110. The molecule has 1 aliphatic carbocycles. The minimum atomic E-state index is -4.53. The van der Waals surface area contributed by atoms with E-state index in [0.29, 0.717) is 28.3 Å². The van der Waals surface area contributed by atoms with Gasteiger partial charge in [0.25, 0.3) is 0 Å². The number of pyridine rings is 1. The molecule has 1 N–H and O–H groups in total. The average molecular weight is 372 g/mol. The van der Waals surface area contributed by atoms with Crippen LogP contribution in [0, 0.1) is 6.92 Å². The number of halogens is 3. The summed E-state index contributed by atoms with van der Waals surface area (Å²) < 4.78 is 42.5. The summed E-state index contributed by atoms with van der Waals surface area (Å²) in [6.07, 6.45) is -2.45. The largest absolute Gasteiger partial charge is 0.418 e. The Balaban J connectivity index is 1.79. The maximum absolute atomic E-state index is 13.7. The van der Waals surface area contributed by atoms with Crippen LogP contribution in [0.2, 0.25) is 0 Å². The third kappa shape index (κ3) is 2.58. The molecular weight excluding hydrogens is 357 g/mol. The Morgan fingerprint density at radius 1 is 1.22 bits per heavy atom. The van der Waals surface area contributed by atoms with Gasteiger partial charge >= 0.3 is 6.18 Å². The van der Waals surface area contributed by atoms with Crippen LogP contribution in [0.3, 0.4) is 0 Å². The molecular formula is C19H15F3N4O. The third-order valence-corrected chi connectivity index (χ3v) is 5.07. The van der Waals surface area contributed by atoms with Crippen LogP contribution >= 0.6 is 0 Å². The zero-order chi connectivity index (χ0) is 18.9. The fourth-order valence-corrected chi connectivity index (χ4v) is 3.66. The second-order valence-electron chi connectivity index (χ2n) is 7.16. The molecule has 1 aromatic carbocycles. The highest BCUT2D eigenvalue weighted by molar-refractivity contribution is 6.00. The molecule has 2 aliphatic rings. The van der Waals surface area contributed by atoms with Gasteiger partial charge in [0, 0.05) is 17.2 Å². The van der Waals surface area contributed by atoms with Gasteiger partial charge in [-0.05, 0) is 55.2 Å². The molecule has 0 spiro atoms. The van der Waals surface area contributed by atoms with E-state index < -0.39 is 11.7 Å². The van der Waals surface area contributed by atoms with Crippen molar-refractivity contribution in [2.24, 2.45) is 0 Å². The number of amides is 1. The minimum Gasteiger partial charge on any atom is -0.325 e. The van der Waals surface area contributed by atoms with E-state index in [4.69, 9.17) is 0 Å². The zero-order valence-corrected chi connectivity index (χ0v) is 14.4. The van der Waals surface area contributed by atoms with E-state index in [2.05, 4.69) is 15.4 Å². The van der Waals surface area contributed by atoms with E-state index in [1.807, 2.05) is 0 Å². The van der Waals surface area contributed by atoms with E-state index in [1.165, 1.54) is 10.6 Å². The molecule has 1 aliphatic heterocycles. The number of nitrogens with one attached hydrogen (secondary N) is 1. The summed E-state index contributed by atoms with van der Waals surface area (Å²) in [6.45, 7) is 1.78. The normalized spacial score (nSPS) is 16.7. The van der Waals surface area contributed by atoms with Crippen molar-refractivity contribution in [1.82, 2.24) is 14.6 Å². The highest BCUT2D eigenvalue weighted by Crippen LogP contribution is 2.42. The van der Waals surface area contributed by atoms with Gasteiger partial charge in [-0.25, -0.2) is 9.50 Å².